The van der Waals surface area contributed by atoms with Gasteiger partial charge in [0.25, 0.3) is 0 Å². The molecule has 4 aromatic heterocycles. The van der Waals surface area contributed by atoms with Crippen LogP contribution in [0.1, 0.15) is 84.9 Å². The predicted molar refractivity (Wildman–Crippen MR) is 369 cm³/mol. The highest BCUT2D eigenvalue weighted by Gasteiger charge is 2.60. The second-order valence-electron chi connectivity index (χ2n) is 27.0. The Morgan fingerprint density at radius 2 is 1.21 bits per heavy atom. The first-order valence-corrected chi connectivity index (χ1v) is 34.4. The van der Waals surface area contributed by atoms with E-state index in [0.717, 1.165) is 142 Å². The van der Waals surface area contributed by atoms with Crippen LogP contribution >= 0.6 is 0 Å². The van der Waals surface area contributed by atoms with E-state index in [0.29, 0.717) is 44.7 Å². The van der Waals surface area contributed by atoms with Gasteiger partial charge >= 0.3 is 0 Å². The molecule has 10 N–H and O–H groups in total. The molecule has 10 atom stereocenters. The van der Waals surface area contributed by atoms with Crippen molar-refractivity contribution < 1.29 is 43.9 Å². The molecule has 20 heteroatoms. The van der Waals surface area contributed by atoms with Gasteiger partial charge in [-0.2, -0.15) is 0 Å². The maximum Gasteiger partial charge on any atom is 0.238 e. The topological polar surface area (TPSA) is 244 Å². The van der Waals surface area contributed by atoms with Gasteiger partial charge in [-0.05, 0) is 135 Å². The van der Waals surface area contributed by atoms with Crippen molar-refractivity contribution in [1.29, 1.82) is 0 Å². The van der Waals surface area contributed by atoms with Crippen LogP contribution in [0.4, 0.5) is 5.69 Å². The van der Waals surface area contributed by atoms with Gasteiger partial charge in [0, 0.05) is 145 Å². The lowest BCUT2D eigenvalue weighted by Crippen LogP contribution is -2.70. The van der Waals surface area contributed by atoms with E-state index in [-0.39, 0.29) is 31.3 Å². The lowest BCUT2D eigenvalue weighted by Gasteiger charge is -2.51. The van der Waals surface area contributed by atoms with Crippen molar-refractivity contribution in [1.82, 2.24) is 50.2 Å². The zero-order chi connectivity index (χ0) is 65.9. The van der Waals surface area contributed by atoms with Crippen molar-refractivity contribution in [3.8, 4) is 0 Å². The second kappa shape index (κ2) is 29.1. The number of benzene rings is 3. The Morgan fingerprint density at radius 3 is 1.78 bits per heavy atom. The van der Waals surface area contributed by atoms with E-state index in [1.54, 1.807) is 0 Å². The number of aliphatic hydroxyl groups excluding tert-OH is 3. The number of hydrogen-bond donors (Lipinski definition) is 10. The SMILES string of the molecule is COC1C(O)CC(NCCN2CCN(CC(=O)Nc3ccc(C4=c5ccc([nH]5)=C(C5=CC=CCC5)c5ccc([nH]5)C(c5ccccc5)=c5ccc([nH]5)=C(c5ccccc5)c5ccc4[nH]5)cc3)CC2)C(OC23CCCC2OC(C)C(NC(=O)CN2CCN(C)CC2)C3O)OC1CO. The van der Waals surface area contributed by atoms with Crippen LogP contribution in [-0.2, 0) is 28.5 Å². The Bertz CT molecular complexity index is 4180. The number of nitrogens with zero attached hydrogens (tertiary/aromatic N) is 4. The highest BCUT2D eigenvalue weighted by molar-refractivity contribution is 5.93. The van der Waals surface area contributed by atoms with Crippen LogP contribution in [-0.4, -0.2) is 227 Å². The number of carbonyl (C=O) groups is 2. The zero-order valence-corrected chi connectivity index (χ0v) is 55.1. The molecule has 10 unspecified atom stereocenters. The van der Waals surface area contributed by atoms with Crippen molar-refractivity contribution in [2.24, 2.45) is 0 Å². The van der Waals surface area contributed by atoms with Gasteiger partial charge in [0.2, 0.25) is 11.8 Å². The molecule has 20 nitrogen and oxygen atoms in total. The first-order valence-electron chi connectivity index (χ1n) is 34.4. The number of nitrogens with one attached hydrogen (secondary N) is 7. The van der Waals surface area contributed by atoms with Gasteiger partial charge in [0.05, 0.1) is 50.1 Å². The quantitative estimate of drug-likeness (QED) is 0.0593. The molecule has 1 saturated carbocycles. The van der Waals surface area contributed by atoms with Crippen LogP contribution in [0.2, 0.25) is 0 Å². The first kappa shape index (κ1) is 65.5. The highest BCUT2D eigenvalue weighted by atomic mass is 16.7. The van der Waals surface area contributed by atoms with E-state index in [9.17, 15) is 24.9 Å². The van der Waals surface area contributed by atoms with Crippen LogP contribution in [0.25, 0.3) is 22.3 Å². The Labute approximate surface area is 560 Å². The molecule has 8 bridgehead atoms. The molecule has 3 aromatic carbocycles. The van der Waals surface area contributed by atoms with E-state index < -0.39 is 67.2 Å². The van der Waals surface area contributed by atoms with E-state index >= 15 is 0 Å². The molecule has 504 valence electrons. The summed E-state index contributed by atoms with van der Waals surface area (Å²) < 4.78 is 25.9. The third kappa shape index (κ3) is 13.9. The third-order valence-electron chi connectivity index (χ3n) is 20.7. The molecule has 7 aliphatic rings. The standard InChI is InChI=1S/C76H91N11O9/c1-48-72(83-67(91)46-86-38-36-84(2)37-39-86)74(92)76(33-13-20-65(76)94-48)96-75-62(44-63(89)73(93-3)64(47-88)95-75)77-34-35-85-40-42-87(43-41-85)45-66(90)78-53-23-21-52(22-24-53)71-60-31-29-58(81-60)69(50-16-9-5-10-17-50)56-27-25-54(79-56)68(49-14-7-4-8-15-49)55-26-28-57(80-55)70(51-18-11-6-12-19-51)59-30-32-61(71)82-59/h4-11,14-18,21-32,48,62-65,72-75,77,79-82,88-89,92H,12-13,19-20,33-47H2,1-3H3,(H,78,90)(H,83,91). The monoisotopic (exact) mass is 1300 g/mol. The number of aromatic nitrogens is 4. The lowest BCUT2D eigenvalue weighted by molar-refractivity contribution is -0.314. The minimum absolute atomic E-state index is 0.0922. The molecule has 2 aliphatic carbocycles. The van der Waals surface area contributed by atoms with Crippen molar-refractivity contribution in [2.75, 3.05) is 105 Å². The molecule has 0 spiro atoms. The number of aliphatic hydroxyl groups is 3. The molecule has 2 amide bonds. The van der Waals surface area contributed by atoms with Gasteiger partial charge in [-0.3, -0.25) is 24.3 Å². The molecule has 4 saturated heterocycles. The zero-order valence-electron chi connectivity index (χ0n) is 55.1. The smallest absolute Gasteiger partial charge is 0.238 e. The fourth-order valence-corrected chi connectivity index (χ4v) is 15.6. The molecule has 5 fully saturated rings. The minimum atomic E-state index is -1.22. The van der Waals surface area contributed by atoms with Crippen LogP contribution in [0.15, 0.2) is 157 Å². The molecular weight excluding hydrogens is 1210 g/mol. The minimum Gasteiger partial charge on any atom is -0.394 e. The predicted octanol–water partition coefficient (Wildman–Crippen LogP) is 3.35. The molecule has 14 rings (SSSR count). The van der Waals surface area contributed by atoms with Crippen LogP contribution < -0.4 is 37.3 Å². The lowest BCUT2D eigenvalue weighted by atomic mass is 9.82. The summed E-state index contributed by atoms with van der Waals surface area (Å²) in [6, 6.07) is 45.3. The van der Waals surface area contributed by atoms with E-state index in [1.165, 1.54) is 12.7 Å². The summed E-state index contributed by atoms with van der Waals surface area (Å²) in [6.07, 6.45) is 4.73. The number of ether oxygens (including phenoxy) is 4. The highest BCUT2D eigenvalue weighted by Crippen LogP contribution is 2.46. The largest absolute Gasteiger partial charge is 0.394 e. The van der Waals surface area contributed by atoms with E-state index in [2.05, 4.69) is 196 Å². The van der Waals surface area contributed by atoms with E-state index in [4.69, 9.17) is 18.9 Å². The van der Waals surface area contributed by atoms with Crippen molar-refractivity contribution in [2.45, 2.75) is 106 Å². The van der Waals surface area contributed by atoms with Crippen molar-refractivity contribution in [3.63, 3.8) is 0 Å². The van der Waals surface area contributed by atoms with Gasteiger partial charge in [0.15, 0.2) is 6.29 Å². The Hall–Kier alpha value is -7.80. The van der Waals surface area contributed by atoms with Gasteiger partial charge in [-0.1, -0.05) is 91.0 Å². The summed E-state index contributed by atoms with van der Waals surface area (Å²) in [5.41, 5.74) is 12.0. The maximum absolute atomic E-state index is 13.9. The number of likely N-dealkylation sites (N-methyl/N-ethyl adjacent to an activating group) is 1. The normalized spacial score (nSPS) is 26.9. The summed E-state index contributed by atoms with van der Waals surface area (Å²) >= 11 is 0. The number of carbonyl (C=O) groups excluding carboxylic acids is 2. The van der Waals surface area contributed by atoms with Crippen molar-refractivity contribution >= 4 is 39.8 Å². The Morgan fingerprint density at radius 1 is 0.656 bits per heavy atom. The molecule has 96 heavy (non-hydrogen) atoms. The average molecular weight is 1300 g/mol. The number of anilines is 1. The number of methoxy groups -OCH3 is 1. The molecule has 5 aliphatic heterocycles. The summed E-state index contributed by atoms with van der Waals surface area (Å²) in [5, 5.41) is 48.4. The summed E-state index contributed by atoms with van der Waals surface area (Å²) in [5.74, 6) is -0.272. The van der Waals surface area contributed by atoms with Gasteiger partial charge in [0.1, 0.15) is 23.9 Å². The van der Waals surface area contributed by atoms with Crippen LogP contribution in [0, 0.1) is 0 Å². The van der Waals surface area contributed by atoms with E-state index in [1.807, 2.05) is 25.1 Å². The average Bonchev–Trinajstić information content (AvgIpc) is 1.47. The Kier molecular flexibility index (Phi) is 19.9. The van der Waals surface area contributed by atoms with Gasteiger partial charge < -0.3 is 75.1 Å². The molecule has 0 radical (unpaired) electrons. The summed E-state index contributed by atoms with van der Waals surface area (Å²) in [6.45, 7) is 9.31. The fourth-order valence-electron chi connectivity index (χ4n) is 15.6. The molecule has 9 heterocycles. The number of hydrogen-bond acceptors (Lipinski definition) is 14. The van der Waals surface area contributed by atoms with Gasteiger partial charge in [-0.25, -0.2) is 0 Å². The van der Waals surface area contributed by atoms with Crippen LogP contribution in [0.5, 0.6) is 0 Å². The third-order valence-corrected chi connectivity index (χ3v) is 20.7. The summed E-state index contributed by atoms with van der Waals surface area (Å²) in [7, 11) is 3.57. The maximum atomic E-state index is 13.9. The van der Waals surface area contributed by atoms with Crippen LogP contribution in [0.3, 0.4) is 0 Å². The number of H-pyrrole nitrogens is 4. The molecular formula is C76H91N11O9. The number of amides is 2. The number of rotatable bonds is 18. The van der Waals surface area contributed by atoms with Gasteiger partial charge in [-0.15, -0.1) is 0 Å². The number of aromatic amines is 4. The van der Waals surface area contributed by atoms with Crippen molar-refractivity contribution in [3.05, 3.63) is 218 Å². The first-order chi connectivity index (χ1) is 46.9. The second-order valence-corrected chi connectivity index (χ2v) is 27.0. The number of piperazine rings is 2. The summed E-state index contributed by atoms with van der Waals surface area (Å²) in [4.78, 5) is 51.9. The number of fused-ring (bicyclic) bond motifs is 9. The fraction of sp³-hybridized carbons (Fsp3) is 0.421. The molecule has 7 aromatic rings. The number of allylic oxidation sites excluding steroid dienone is 4. The Balaban J connectivity index is 0.656.